The molecule has 4 rings (SSSR count). The molecule has 0 fully saturated rings. The number of rotatable bonds is 6. The highest BCUT2D eigenvalue weighted by atomic mass is 16.7. The van der Waals surface area contributed by atoms with E-state index in [2.05, 4.69) is 0 Å². The lowest BCUT2D eigenvalue weighted by Gasteiger charge is -2.24. The molecule has 0 saturated carbocycles. The van der Waals surface area contributed by atoms with E-state index in [0.29, 0.717) is 19.0 Å². The lowest BCUT2D eigenvalue weighted by molar-refractivity contribution is -0.118. The van der Waals surface area contributed by atoms with E-state index in [9.17, 15) is 4.79 Å². The van der Waals surface area contributed by atoms with Gasteiger partial charge in [-0.2, -0.15) is 5.10 Å². The van der Waals surface area contributed by atoms with E-state index in [1.54, 1.807) is 0 Å². The Bertz CT molecular complexity index is 830. The van der Waals surface area contributed by atoms with Gasteiger partial charge in [-0.25, -0.2) is 0 Å². The summed E-state index contributed by atoms with van der Waals surface area (Å²) in [5.74, 6) is 1.59. The minimum absolute atomic E-state index is 0.250. The number of benzene rings is 1. The Morgan fingerprint density at radius 1 is 1.31 bits per heavy atom. The van der Waals surface area contributed by atoms with Gasteiger partial charge in [0.15, 0.2) is 11.5 Å². The third-order valence-corrected chi connectivity index (χ3v) is 5.20. The highest BCUT2D eigenvalue weighted by molar-refractivity contribution is 5.73. The van der Waals surface area contributed by atoms with Gasteiger partial charge in [-0.1, -0.05) is 0 Å². The molecule has 7 nitrogen and oxygen atoms in total. The van der Waals surface area contributed by atoms with Crippen molar-refractivity contribution in [2.45, 2.75) is 44.6 Å². The van der Waals surface area contributed by atoms with Crippen molar-refractivity contribution >= 4 is 5.91 Å². The van der Waals surface area contributed by atoms with E-state index in [4.69, 9.17) is 26.0 Å². The first-order valence-electron chi connectivity index (χ1n) is 9.15. The molecule has 2 aromatic rings. The first kappa shape index (κ1) is 16.9. The number of aryl methyl sites for hydroxylation is 1. The number of carbonyl (C=O) groups is 1. The minimum Gasteiger partial charge on any atom is -0.454 e. The fraction of sp³-hybridized carbons (Fsp3) is 0.474. The molecule has 0 radical (unpaired) electrons. The Balaban J connectivity index is 1.78. The Kier molecular flexibility index (Phi) is 4.55. The Labute approximate surface area is 152 Å². The molecule has 1 aliphatic carbocycles. The van der Waals surface area contributed by atoms with Gasteiger partial charge in [0.05, 0.1) is 5.69 Å². The van der Waals surface area contributed by atoms with Crippen LogP contribution in [-0.4, -0.2) is 29.0 Å². The number of hydrogen-bond donors (Lipinski definition) is 2. The number of amides is 1. The zero-order chi connectivity index (χ0) is 18.1. The summed E-state index contributed by atoms with van der Waals surface area (Å²) < 4.78 is 12.9. The second kappa shape index (κ2) is 6.99. The van der Waals surface area contributed by atoms with Gasteiger partial charge in [0, 0.05) is 29.8 Å². The van der Waals surface area contributed by atoms with Crippen molar-refractivity contribution in [3.8, 4) is 22.8 Å². The van der Waals surface area contributed by atoms with Crippen LogP contribution in [0.2, 0.25) is 0 Å². The summed E-state index contributed by atoms with van der Waals surface area (Å²) >= 11 is 0. The second-order valence-electron chi connectivity index (χ2n) is 6.88. The third kappa shape index (κ3) is 3.03. The quantitative estimate of drug-likeness (QED) is 0.823. The number of aromatic nitrogens is 2. The molecule has 2 heterocycles. The molecule has 1 aromatic heterocycles. The van der Waals surface area contributed by atoms with E-state index in [-0.39, 0.29) is 19.1 Å². The van der Waals surface area contributed by atoms with Gasteiger partial charge in [0.2, 0.25) is 12.7 Å². The fourth-order valence-electron chi connectivity index (χ4n) is 4.01. The molecule has 2 aliphatic rings. The van der Waals surface area contributed by atoms with Gasteiger partial charge in [-0.15, -0.1) is 0 Å². The summed E-state index contributed by atoms with van der Waals surface area (Å²) in [6, 6.07) is 5.92. The highest BCUT2D eigenvalue weighted by Gasteiger charge is 2.29. The molecule has 7 heteroatoms. The zero-order valence-corrected chi connectivity index (χ0v) is 14.7. The lowest BCUT2D eigenvalue weighted by Crippen LogP contribution is -2.18. The average molecular weight is 356 g/mol. The molecule has 0 saturated heterocycles. The van der Waals surface area contributed by atoms with Crippen molar-refractivity contribution in [2.24, 2.45) is 11.5 Å². The summed E-state index contributed by atoms with van der Waals surface area (Å²) in [6.45, 7) is 1.41. The highest BCUT2D eigenvalue weighted by Crippen LogP contribution is 2.42. The van der Waals surface area contributed by atoms with Gasteiger partial charge in [-0.05, 0) is 56.3 Å². The van der Waals surface area contributed by atoms with Crippen LogP contribution in [0.4, 0.5) is 0 Å². The summed E-state index contributed by atoms with van der Waals surface area (Å²) in [4.78, 5) is 11.2. The smallest absolute Gasteiger partial charge is 0.231 e. The van der Waals surface area contributed by atoms with Gasteiger partial charge in [0.1, 0.15) is 0 Å². The maximum atomic E-state index is 11.2. The van der Waals surface area contributed by atoms with Gasteiger partial charge in [-0.3, -0.25) is 9.48 Å². The minimum atomic E-state index is -0.312. The van der Waals surface area contributed by atoms with Gasteiger partial charge >= 0.3 is 0 Å². The molecule has 1 amide bonds. The van der Waals surface area contributed by atoms with Crippen LogP contribution in [0.1, 0.15) is 42.9 Å². The first-order chi connectivity index (χ1) is 12.7. The predicted octanol–water partition coefficient (Wildman–Crippen LogP) is 1.92. The number of hydrogen-bond acceptors (Lipinski definition) is 5. The molecule has 0 spiro atoms. The Morgan fingerprint density at radius 2 is 2.15 bits per heavy atom. The summed E-state index contributed by atoms with van der Waals surface area (Å²) in [5.41, 5.74) is 15.6. The SMILES string of the molecule is NCCC1CCCc2c1c(-c1ccc3c(c1)OCO3)nn2CCC(N)=O. The molecule has 0 bridgehead atoms. The number of ether oxygens (including phenoxy) is 2. The predicted molar refractivity (Wildman–Crippen MR) is 96.9 cm³/mol. The number of fused-ring (bicyclic) bond motifs is 2. The number of carbonyl (C=O) groups excluding carboxylic acids is 1. The fourth-order valence-corrected chi connectivity index (χ4v) is 4.01. The van der Waals surface area contributed by atoms with Crippen LogP contribution in [0.15, 0.2) is 18.2 Å². The number of primary amides is 1. The third-order valence-electron chi connectivity index (χ3n) is 5.20. The van der Waals surface area contributed by atoms with Crippen LogP contribution >= 0.6 is 0 Å². The van der Waals surface area contributed by atoms with Crippen LogP contribution in [0.25, 0.3) is 11.3 Å². The monoisotopic (exact) mass is 356 g/mol. The van der Waals surface area contributed by atoms with Crippen molar-refractivity contribution in [1.29, 1.82) is 0 Å². The number of nitrogens with zero attached hydrogens (tertiary/aromatic N) is 2. The average Bonchev–Trinajstić information content (AvgIpc) is 3.24. The van der Waals surface area contributed by atoms with E-state index in [1.807, 2.05) is 22.9 Å². The van der Waals surface area contributed by atoms with Gasteiger partial charge < -0.3 is 20.9 Å². The standard InChI is InChI=1S/C19H24N4O3/c20-8-6-12-2-1-3-14-18(12)19(22-23(14)9-7-17(21)24)13-4-5-15-16(10-13)26-11-25-15/h4-5,10,12H,1-3,6-9,11,20H2,(H2,21,24). The Morgan fingerprint density at radius 3 is 2.96 bits per heavy atom. The Hall–Kier alpha value is -2.54. The summed E-state index contributed by atoms with van der Waals surface area (Å²) in [5, 5.41) is 4.86. The van der Waals surface area contributed by atoms with Crippen LogP contribution in [-0.2, 0) is 17.8 Å². The van der Waals surface area contributed by atoms with Crippen molar-refractivity contribution in [2.75, 3.05) is 13.3 Å². The largest absolute Gasteiger partial charge is 0.454 e. The molecule has 1 atom stereocenters. The van der Waals surface area contributed by atoms with Crippen LogP contribution < -0.4 is 20.9 Å². The van der Waals surface area contributed by atoms with Crippen molar-refractivity contribution < 1.29 is 14.3 Å². The second-order valence-corrected chi connectivity index (χ2v) is 6.88. The topological polar surface area (TPSA) is 105 Å². The van der Waals surface area contributed by atoms with E-state index < -0.39 is 0 Å². The lowest BCUT2D eigenvalue weighted by atomic mass is 9.82. The van der Waals surface area contributed by atoms with Crippen LogP contribution in [0.5, 0.6) is 11.5 Å². The van der Waals surface area contributed by atoms with Crippen LogP contribution in [0, 0.1) is 0 Å². The summed E-state index contributed by atoms with van der Waals surface area (Å²) in [7, 11) is 0. The molecule has 138 valence electrons. The van der Waals surface area contributed by atoms with Crippen LogP contribution in [0.3, 0.4) is 0 Å². The van der Waals surface area contributed by atoms with E-state index in [1.165, 1.54) is 11.3 Å². The molecule has 26 heavy (non-hydrogen) atoms. The molecular weight excluding hydrogens is 332 g/mol. The van der Waals surface area contributed by atoms with E-state index in [0.717, 1.165) is 48.4 Å². The molecular formula is C19H24N4O3. The van der Waals surface area contributed by atoms with Crippen molar-refractivity contribution in [1.82, 2.24) is 9.78 Å². The van der Waals surface area contributed by atoms with Crippen molar-refractivity contribution in [3.63, 3.8) is 0 Å². The first-order valence-corrected chi connectivity index (χ1v) is 9.15. The normalized spacial score (nSPS) is 18.0. The van der Waals surface area contributed by atoms with Crippen molar-refractivity contribution in [3.05, 3.63) is 29.5 Å². The molecule has 1 unspecified atom stereocenters. The maximum absolute atomic E-state index is 11.2. The molecule has 4 N–H and O–H groups in total. The van der Waals surface area contributed by atoms with E-state index >= 15 is 0 Å². The van der Waals surface area contributed by atoms with Gasteiger partial charge in [0.25, 0.3) is 0 Å². The number of nitrogens with two attached hydrogens (primary N) is 2. The molecule has 1 aliphatic heterocycles. The molecule has 1 aromatic carbocycles. The zero-order valence-electron chi connectivity index (χ0n) is 14.7. The maximum Gasteiger partial charge on any atom is 0.231 e. The summed E-state index contributed by atoms with van der Waals surface area (Å²) in [6.07, 6.45) is 4.42.